The van der Waals surface area contributed by atoms with Crippen molar-refractivity contribution in [2.45, 2.75) is 45.7 Å². The van der Waals surface area contributed by atoms with E-state index in [-0.39, 0.29) is 11.8 Å². The van der Waals surface area contributed by atoms with Crippen LogP contribution >= 0.6 is 0 Å². The van der Waals surface area contributed by atoms with Crippen LogP contribution in [0.1, 0.15) is 43.1 Å². The topological polar surface area (TPSA) is 38.3 Å². The first kappa shape index (κ1) is 18.2. The number of carbonyl (C=O) groups excluding carboxylic acids is 1. The second-order valence-corrected chi connectivity index (χ2v) is 6.27. The maximum atomic E-state index is 11.6. The number of carbonyl (C=O) groups is 1. The molecule has 2 unspecified atom stereocenters. The van der Waals surface area contributed by atoms with Gasteiger partial charge in [-0.3, -0.25) is 4.79 Å². The molecule has 3 heteroatoms. The van der Waals surface area contributed by atoms with Crippen molar-refractivity contribution in [1.82, 2.24) is 5.32 Å². The van der Waals surface area contributed by atoms with E-state index in [0.717, 1.165) is 17.7 Å². The SMILES string of the molecule is CCC(=O)c1ccc(OCC(C)NC(C)Cc2ccccc2)cc1. The summed E-state index contributed by atoms with van der Waals surface area (Å²) in [6.45, 7) is 6.78. The van der Waals surface area contributed by atoms with E-state index in [9.17, 15) is 4.79 Å². The maximum absolute atomic E-state index is 11.6. The Labute approximate surface area is 145 Å². The average molecular weight is 325 g/mol. The van der Waals surface area contributed by atoms with Gasteiger partial charge in [0, 0.05) is 24.1 Å². The summed E-state index contributed by atoms with van der Waals surface area (Å²) in [4.78, 5) is 11.6. The lowest BCUT2D eigenvalue weighted by atomic mass is 10.1. The minimum Gasteiger partial charge on any atom is -0.492 e. The van der Waals surface area contributed by atoms with E-state index in [1.165, 1.54) is 5.56 Å². The number of ketones is 1. The molecule has 2 aromatic carbocycles. The van der Waals surface area contributed by atoms with Gasteiger partial charge in [-0.25, -0.2) is 0 Å². The Hall–Kier alpha value is -2.13. The smallest absolute Gasteiger partial charge is 0.162 e. The minimum absolute atomic E-state index is 0.159. The lowest BCUT2D eigenvalue weighted by molar-refractivity contribution is 0.0988. The van der Waals surface area contributed by atoms with Gasteiger partial charge in [0.2, 0.25) is 0 Å². The Kier molecular flexibility index (Phi) is 7.01. The number of benzene rings is 2. The van der Waals surface area contributed by atoms with Gasteiger partial charge in [0.15, 0.2) is 5.78 Å². The number of hydrogen-bond donors (Lipinski definition) is 1. The van der Waals surface area contributed by atoms with Gasteiger partial charge in [0.05, 0.1) is 0 Å². The number of Topliss-reactive ketones (excluding diaryl/α,β-unsaturated/α-hetero) is 1. The molecule has 0 saturated heterocycles. The van der Waals surface area contributed by atoms with Crippen molar-refractivity contribution in [1.29, 1.82) is 0 Å². The van der Waals surface area contributed by atoms with Gasteiger partial charge >= 0.3 is 0 Å². The lowest BCUT2D eigenvalue weighted by Gasteiger charge is -2.20. The van der Waals surface area contributed by atoms with E-state index in [4.69, 9.17) is 4.74 Å². The molecule has 0 amide bonds. The third-order valence-electron chi connectivity index (χ3n) is 3.95. The molecule has 0 radical (unpaired) electrons. The van der Waals surface area contributed by atoms with Crippen LogP contribution in [0.5, 0.6) is 5.75 Å². The summed E-state index contributed by atoms with van der Waals surface area (Å²) < 4.78 is 5.81. The van der Waals surface area contributed by atoms with Crippen LogP contribution in [0, 0.1) is 0 Å². The van der Waals surface area contributed by atoms with E-state index >= 15 is 0 Å². The summed E-state index contributed by atoms with van der Waals surface area (Å²) in [7, 11) is 0. The van der Waals surface area contributed by atoms with Crippen LogP contribution in [0.15, 0.2) is 54.6 Å². The van der Waals surface area contributed by atoms with Crippen molar-refractivity contribution in [3.63, 3.8) is 0 Å². The molecule has 2 aromatic rings. The first-order chi connectivity index (χ1) is 11.6. The van der Waals surface area contributed by atoms with E-state index in [1.807, 2.05) is 37.3 Å². The van der Waals surface area contributed by atoms with Gasteiger partial charge in [-0.1, -0.05) is 37.3 Å². The quantitative estimate of drug-likeness (QED) is 0.700. The standard InChI is InChI=1S/C21H27NO2/c1-4-21(23)19-10-12-20(13-11-19)24-15-17(3)22-16(2)14-18-8-6-5-7-9-18/h5-13,16-17,22H,4,14-15H2,1-3H3. The molecule has 0 spiro atoms. The number of nitrogens with one attached hydrogen (secondary N) is 1. The van der Waals surface area contributed by atoms with Crippen molar-refractivity contribution in [2.24, 2.45) is 0 Å². The van der Waals surface area contributed by atoms with Crippen LogP contribution in [0.4, 0.5) is 0 Å². The molecule has 2 atom stereocenters. The molecule has 0 aliphatic rings. The van der Waals surface area contributed by atoms with Crippen molar-refractivity contribution in [3.8, 4) is 5.75 Å². The van der Waals surface area contributed by atoms with Crippen LogP contribution in [0.25, 0.3) is 0 Å². The van der Waals surface area contributed by atoms with Crippen molar-refractivity contribution < 1.29 is 9.53 Å². The normalized spacial score (nSPS) is 13.3. The second kappa shape index (κ2) is 9.24. The zero-order chi connectivity index (χ0) is 17.4. The Morgan fingerprint density at radius 1 is 1.00 bits per heavy atom. The third kappa shape index (κ3) is 5.82. The van der Waals surface area contributed by atoms with Crippen LogP contribution in [-0.4, -0.2) is 24.5 Å². The first-order valence-electron chi connectivity index (χ1n) is 8.64. The molecule has 0 saturated carbocycles. The molecule has 1 N–H and O–H groups in total. The summed E-state index contributed by atoms with van der Waals surface area (Å²) >= 11 is 0. The highest BCUT2D eigenvalue weighted by Gasteiger charge is 2.09. The Morgan fingerprint density at radius 3 is 2.29 bits per heavy atom. The predicted molar refractivity (Wildman–Crippen MR) is 98.8 cm³/mol. The fraction of sp³-hybridized carbons (Fsp3) is 0.381. The maximum Gasteiger partial charge on any atom is 0.162 e. The van der Waals surface area contributed by atoms with Crippen molar-refractivity contribution >= 4 is 5.78 Å². The zero-order valence-electron chi connectivity index (χ0n) is 14.8. The van der Waals surface area contributed by atoms with Crippen LogP contribution in [0.3, 0.4) is 0 Å². The van der Waals surface area contributed by atoms with E-state index < -0.39 is 0 Å². The Bertz CT molecular complexity index is 622. The fourth-order valence-corrected chi connectivity index (χ4v) is 2.72. The summed E-state index contributed by atoms with van der Waals surface area (Å²) in [6.07, 6.45) is 1.53. The monoisotopic (exact) mass is 325 g/mol. The minimum atomic E-state index is 0.159. The summed E-state index contributed by atoms with van der Waals surface area (Å²) in [5.41, 5.74) is 2.08. The molecule has 0 aliphatic carbocycles. The van der Waals surface area contributed by atoms with Gasteiger partial charge in [-0.05, 0) is 50.1 Å². The molecule has 0 bridgehead atoms. The van der Waals surface area contributed by atoms with Crippen LogP contribution < -0.4 is 10.1 Å². The highest BCUT2D eigenvalue weighted by Crippen LogP contribution is 2.14. The van der Waals surface area contributed by atoms with Gasteiger partial charge in [0.1, 0.15) is 12.4 Å². The van der Waals surface area contributed by atoms with E-state index in [0.29, 0.717) is 19.1 Å². The van der Waals surface area contributed by atoms with Gasteiger partial charge in [0.25, 0.3) is 0 Å². The van der Waals surface area contributed by atoms with Crippen molar-refractivity contribution in [3.05, 3.63) is 65.7 Å². The molecule has 0 fully saturated rings. The molecule has 3 nitrogen and oxygen atoms in total. The number of ether oxygens (including phenoxy) is 1. The Balaban J connectivity index is 1.76. The van der Waals surface area contributed by atoms with E-state index in [1.54, 1.807) is 0 Å². The molecule has 0 heterocycles. The van der Waals surface area contributed by atoms with Crippen molar-refractivity contribution in [2.75, 3.05) is 6.61 Å². The van der Waals surface area contributed by atoms with Gasteiger partial charge in [-0.2, -0.15) is 0 Å². The van der Waals surface area contributed by atoms with Crippen LogP contribution in [-0.2, 0) is 6.42 Å². The molecule has 24 heavy (non-hydrogen) atoms. The summed E-state index contributed by atoms with van der Waals surface area (Å²) in [6, 6.07) is 18.5. The molecular weight excluding hydrogens is 298 g/mol. The average Bonchev–Trinajstić information content (AvgIpc) is 2.60. The van der Waals surface area contributed by atoms with Gasteiger partial charge in [-0.15, -0.1) is 0 Å². The molecular formula is C21H27NO2. The Morgan fingerprint density at radius 2 is 1.67 bits per heavy atom. The zero-order valence-corrected chi connectivity index (χ0v) is 14.8. The van der Waals surface area contributed by atoms with Gasteiger partial charge < -0.3 is 10.1 Å². The summed E-state index contributed by atoms with van der Waals surface area (Å²) in [5.74, 6) is 0.957. The highest BCUT2D eigenvalue weighted by atomic mass is 16.5. The second-order valence-electron chi connectivity index (χ2n) is 6.27. The third-order valence-corrected chi connectivity index (χ3v) is 3.95. The molecule has 2 rings (SSSR count). The largest absolute Gasteiger partial charge is 0.492 e. The predicted octanol–water partition coefficient (Wildman–Crippen LogP) is 4.27. The fourth-order valence-electron chi connectivity index (χ4n) is 2.72. The first-order valence-corrected chi connectivity index (χ1v) is 8.64. The van der Waals surface area contributed by atoms with Crippen LogP contribution in [0.2, 0.25) is 0 Å². The number of rotatable bonds is 9. The molecule has 128 valence electrons. The highest BCUT2D eigenvalue weighted by molar-refractivity contribution is 5.95. The molecule has 0 aliphatic heterocycles. The van der Waals surface area contributed by atoms with E-state index in [2.05, 4.69) is 43.4 Å². The molecule has 0 aromatic heterocycles. The number of hydrogen-bond acceptors (Lipinski definition) is 3. The summed E-state index contributed by atoms with van der Waals surface area (Å²) in [5, 5.41) is 3.56. The lowest BCUT2D eigenvalue weighted by Crippen LogP contribution is -2.39.